The first-order chi connectivity index (χ1) is 11.3. The number of aryl methyl sites for hydroxylation is 1. The minimum absolute atomic E-state index is 0.269. The molecule has 0 spiro atoms. The van der Waals surface area contributed by atoms with E-state index in [9.17, 15) is 9.65 Å². The van der Waals surface area contributed by atoms with Crippen LogP contribution in [0.5, 0.6) is 0 Å². The van der Waals surface area contributed by atoms with Gasteiger partial charge in [-0.05, 0) is 36.1 Å². The molecule has 23 heavy (non-hydrogen) atoms. The summed E-state index contributed by atoms with van der Waals surface area (Å²) in [6.07, 6.45) is 1.49. The van der Waals surface area contributed by atoms with Crippen LogP contribution in [0.2, 0.25) is 0 Å². The number of halogens is 1. The van der Waals surface area contributed by atoms with Crippen molar-refractivity contribution in [1.82, 2.24) is 15.0 Å². The SMILES string of the molecule is N#Cc1nnn(Cc2ccc(F)cc2)c1CCc1ccccc1. The van der Waals surface area contributed by atoms with Crippen molar-refractivity contribution >= 4 is 0 Å². The second-order valence-electron chi connectivity index (χ2n) is 5.27. The van der Waals surface area contributed by atoms with E-state index in [4.69, 9.17) is 0 Å². The molecule has 2 aromatic carbocycles. The maximum absolute atomic E-state index is 13.0. The molecule has 0 fully saturated rings. The fourth-order valence-corrected chi connectivity index (χ4v) is 2.46. The third-order valence-electron chi connectivity index (χ3n) is 3.68. The predicted molar refractivity (Wildman–Crippen MR) is 84.1 cm³/mol. The molecular weight excluding hydrogens is 291 g/mol. The van der Waals surface area contributed by atoms with E-state index in [0.717, 1.165) is 17.7 Å². The van der Waals surface area contributed by atoms with Crippen LogP contribution in [-0.4, -0.2) is 15.0 Å². The summed E-state index contributed by atoms with van der Waals surface area (Å²) in [6, 6.07) is 18.4. The van der Waals surface area contributed by atoms with Crippen molar-refractivity contribution in [2.24, 2.45) is 0 Å². The minimum atomic E-state index is -0.269. The van der Waals surface area contributed by atoms with E-state index in [1.807, 2.05) is 18.2 Å². The highest BCUT2D eigenvalue weighted by atomic mass is 19.1. The van der Waals surface area contributed by atoms with Gasteiger partial charge in [0.1, 0.15) is 11.9 Å². The molecule has 0 N–H and O–H groups in total. The molecule has 0 radical (unpaired) electrons. The Morgan fingerprint density at radius 3 is 2.39 bits per heavy atom. The van der Waals surface area contributed by atoms with Crippen LogP contribution in [-0.2, 0) is 19.4 Å². The number of nitrogens with zero attached hydrogens (tertiary/aromatic N) is 4. The summed E-state index contributed by atoms with van der Waals surface area (Å²) in [6.45, 7) is 0.471. The normalized spacial score (nSPS) is 10.4. The van der Waals surface area contributed by atoms with Gasteiger partial charge in [-0.1, -0.05) is 47.7 Å². The third kappa shape index (κ3) is 3.61. The lowest BCUT2D eigenvalue weighted by atomic mass is 10.1. The Kier molecular flexibility index (Phi) is 4.44. The highest BCUT2D eigenvalue weighted by Crippen LogP contribution is 2.13. The van der Waals surface area contributed by atoms with Crippen molar-refractivity contribution in [3.8, 4) is 6.07 Å². The number of benzene rings is 2. The lowest BCUT2D eigenvalue weighted by molar-refractivity contribution is 0.608. The largest absolute Gasteiger partial charge is 0.244 e. The Balaban J connectivity index is 1.80. The Labute approximate surface area is 133 Å². The van der Waals surface area contributed by atoms with Crippen molar-refractivity contribution in [2.45, 2.75) is 19.4 Å². The van der Waals surface area contributed by atoms with E-state index in [0.29, 0.717) is 18.7 Å². The first-order valence-corrected chi connectivity index (χ1v) is 7.37. The van der Waals surface area contributed by atoms with Gasteiger partial charge in [-0.25, -0.2) is 9.07 Å². The van der Waals surface area contributed by atoms with Gasteiger partial charge >= 0.3 is 0 Å². The summed E-state index contributed by atoms with van der Waals surface area (Å²) in [7, 11) is 0. The van der Waals surface area contributed by atoms with E-state index in [2.05, 4.69) is 28.5 Å². The fraction of sp³-hybridized carbons (Fsp3) is 0.167. The molecule has 3 rings (SSSR count). The number of nitriles is 1. The number of rotatable bonds is 5. The van der Waals surface area contributed by atoms with Crippen molar-refractivity contribution in [1.29, 1.82) is 5.26 Å². The van der Waals surface area contributed by atoms with Gasteiger partial charge in [0.2, 0.25) is 0 Å². The van der Waals surface area contributed by atoms with Crippen molar-refractivity contribution in [3.63, 3.8) is 0 Å². The topological polar surface area (TPSA) is 54.5 Å². The summed E-state index contributed by atoms with van der Waals surface area (Å²) in [4.78, 5) is 0. The molecule has 0 aliphatic heterocycles. The first kappa shape index (κ1) is 14.9. The number of hydrogen-bond acceptors (Lipinski definition) is 3. The Hall–Kier alpha value is -3.00. The van der Waals surface area contributed by atoms with Crippen molar-refractivity contribution < 1.29 is 4.39 Å². The van der Waals surface area contributed by atoms with Crippen molar-refractivity contribution in [3.05, 3.63) is 82.9 Å². The molecule has 0 aliphatic rings. The summed E-state index contributed by atoms with van der Waals surface area (Å²) in [5, 5.41) is 17.2. The molecule has 3 aromatic rings. The highest BCUT2D eigenvalue weighted by molar-refractivity contribution is 5.27. The molecule has 0 amide bonds. The molecule has 114 valence electrons. The molecule has 0 unspecified atom stereocenters. The lowest BCUT2D eigenvalue weighted by Gasteiger charge is -2.07. The molecular formula is C18H15FN4. The lowest BCUT2D eigenvalue weighted by Crippen LogP contribution is -2.08. The molecule has 0 saturated heterocycles. The van der Waals surface area contributed by atoms with Crippen LogP contribution in [0.15, 0.2) is 54.6 Å². The van der Waals surface area contributed by atoms with Crippen molar-refractivity contribution in [2.75, 3.05) is 0 Å². The number of hydrogen-bond donors (Lipinski definition) is 0. The minimum Gasteiger partial charge on any atom is -0.244 e. The zero-order valence-corrected chi connectivity index (χ0v) is 12.5. The summed E-state index contributed by atoms with van der Waals surface area (Å²) >= 11 is 0. The highest BCUT2D eigenvalue weighted by Gasteiger charge is 2.13. The maximum Gasteiger partial charge on any atom is 0.185 e. The standard InChI is InChI=1S/C18H15FN4/c19-16-9-6-15(7-10-16)13-23-18(17(12-20)21-22-23)11-8-14-4-2-1-3-5-14/h1-7,9-10H,8,11,13H2. The zero-order valence-electron chi connectivity index (χ0n) is 12.5. The quantitative estimate of drug-likeness (QED) is 0.727. The molecule has 0 aliphatic carbocycles. The molecule has 0 bridgehead atoms. The van der Waals surface area contributed by atoms with E-state index in [1.54, 1.807) is 16.8 Å². The van der Waals surface area contributed by atoms with Gasteiger partial charge in [0.15, 0.2) is 5.69 Å². The smallest absolute Gasteiger partial charge is 0.185 e. The summed E-state index contributed by atoms with van der Waals surface area (Å²) in [5.41, 5.74) is 3.27. The molecule has 1 aromatic heterocycles. The molecule has 0 saturated carbocycles. The predicted octanol–water partition coefficient (Wildman–Crippen LogP) is 3.12. The molecule has 0 atom stereocenters. The van der Waals surface area contributed by atoms with Gasteiger partial charge in [-0.2, -0.15) is 5.26 Å². The molecule has 1 heterocycles. The van der Waals surface area contributed by atoms with Crippen LogP contribution in [0.25, 0.3) is 0 Å². The van der Waals surface area contributed by atoms with Gasteiger partial charge < -0.3 is 0 Å². The third-order valence-corrected chi connectivity index (χ3v) is 3.68. The van der Waals surface area contributed by atoms with Crippen LogP contribution in [0.4, 0.5) is 4.39 Å². The van der Waals surface area contributed by atoms with Crippen LogP contribution in [0.3, 0.4) is 0 Å². The Morgan fingerprint density at radius 1 is 0.957 bits per heavy atom. The second-order valence-corrected chi connectivity index (χ2v) is 5.27. The Bertz CT molecular complexity index is 816. The van der Waals surface area contributed by atoms with Gasteiger partial charge in [-0.15, -0.1) is 5.10 Å². The van der Waals surface area contributed by atoms with Crippen LogP contribution in [0.1, 0.15) is 22.5 Å². The van der Waals surface area contributed by atoms with E-state index in [-0.39, 0.29) is 5.82 Å². The average molecular weight is 306 g/mol. The summed E-state index contributed by atoms with van der Waals surface area (Å²) < 4.78 is 14.7. The van der Waals surface area contributed by atoms with E-state index >= 15 is 0 Å². The second kappa shape index (κ2) is 6.84. The van der Waals surface area contributed by atoms with Crippen LogP contribution >= 0.6 is 0 Å². The number of aromatic nitrogens is 3. The first-order valence-electron chi connectivity index (χ1n) is 7.37. The molecule has 4 nitrogen and oxygen atoms in total. The van der Waals surface area contributed by atoms with E-state index in [1.165, 1.54) is 17.7 Å². The van der Waals surface area contributed by atoms with Crippen LogP contribution in [0, 0.1) is 17.1 Å². The summed E-state index contributed by atoms with van der Waals surface area (Å²) in [5.74, 6) is -0.269. The Morgan fingerprint density at radius 2 is 1.70 bits per heavy atom. The average Bonchev–Trinajstić information content (AvgIpc) is 2.98. The molecule has 5 heteroatoms. The van der Waals surface area contributed by atoms with Gasteiger partial charge in [0.25, 0.3) is 0 Å². The fourth-order valence-electron chi connectivity index (χ4n) is 2.46. The zero-order chi connectivity index (χ0) is 16.1. The maximum atomic E-state index is 13.0. The van der Waals surface area contributed by atoms with Crippen LogP contribution < -0.4 is 0 Å². The monoisotopic (exact) mass is 306 g/mol. The van der Waals surface area contributed by atoms with Gasteiger partial charge in [-0.3, -0.25) is 0 Å². The van der Waals surface area contributed by atoms with E-state index < -0.39 is 0 Å². The van der Waals surface area contributed by atoms with Gasteiger partial charge in [0, 0.05) is 0 Å². The van der Waals surface area contributed by atoms with Gasteiger partial charge in [0.05, 0.1) is 12.2 Å².